The van der Waals surface area contributed by atoms with Crippen LogP contribution in [0.3, 0.4) is 0 Å². The summed E-state index contributed by atoms with van der Waals surface area (Å²) in [6, 6.07) is 18.1. The van der Waals surface area contributed by atoms with E-state index in [1.54, 1.807) is 0 Å². The van der Waals surface area contributed by atoms with E-state index < -0.39 is 0 Å². The molecule has 92 valence electrons. The third kappa shape index (κ3) is 2.60. The van der Waals surface area contributed by atoms with Gasteiger partial charge in [-0.1, -0.05) is 49.1 Å². The Morgan fingerprint density at radius 3 is 2.39 bits per heavy atom. The minimum atomic E-state index is 0.611. The Balaban J connectivity index is 2.44. The van der Waals surface area contributed by atoms with E-state index in [1.807, 2.05) is 72.7 Å². The highest BCUT2D eigenvalue weighted by Gasteiger charge is 2.11. The lowest BCUT2D eigenvalue weighted by Gasteiger charge is -2.24. The summed E-state index contributed by atoms with van der Waals surface area (Å²) in [5, 5.41) is 1.84. The molecule has 0 N–H and O–H groups in total. The molecule has 0 heterocycles. The number of hydrogen-bond acceptors (Lipinski definition) is 2. The predicted octanol–water partition coefficient (Wildman–Crippen LogP) is 4.42. The van der Waals surface area contributed by atoms with Crippen LogP contribution in [0.2, 0.25) is 0 Å². The van der Waals surface area contributed by atoms with E-state index in [0.717, 1.165) is 16.9 Å². The van der Waals surface area contributed by atoms with Gasteiger partial charge >= 0.3 is 0 Å². The van der Waals surface area contributed by atoms with E-state index in [9.17, 15) is 0 Å². The van der Waals surface area contributed by atoms with Crippen LogP contribution in [0.4, 0.5) is 11.4 Å². The number of nitrogens with zero attached hydrogens (tertiary/aromatic N) is 1. The lowest BCUT2D eigenvalue weighted by atomic mass is 10.1. The summed E-state index contributed by atoms with van der Waals surface area (Å²) in [6.07, 6.45) is 1.84. The average molecular weight is 239 g/mol. The first-order chi connectivity index (χ1) is 8.86. The number of para-hydroxylation sites is 2. The zero-order chi connectivity index (χ0) is 12.8. The van der Waals surface area contributed by atoms with E-state index in [0.29, 0.717) is 6.61 Å². The molecule has 0 amide bonds. The monoisotopic (exact) mass is 239 g/mol. The zero-order valence-corrected chi connectivity index (χ0v) is 10.5. The normalized spacial score (nSPS) is 10.1. The van der Waals surface area contributed by atoms with Crippen LogP contribution < -0.4 is 5.06 Å². The Kier molecular flexibility index (Phi) is 4.15. The molecule has 0 saturated heterocycles. The molecule has 0 atom stereocenters. The lowest BCUT2D eigenvalue weighted by molar-refractivity contribution is 0.149. The molecule has 2 heteroatoms. The Bertz CT molecular complexity index is 508. The Hall–Kier alpha value is -2.06. The van der Waals surface area contributed by atoms with E-state index >= 15 is 0 Å². The van der Waals surface area contributed by atoms with Crippen molar-refractivity contribution < 1.29 is 4.84 Å². The van der Waals surface area contributed by atoms with Gasteiger partial charge in [-0.05, 0) is 25.1 Å². The molecule has 0 aromatic heterocycles. The fraction of sp³-hybridized carbons (Fsp3) is 0.125. The van der Waals surface area contributed by atoms with Gasteiger partial charge in [0.25, 0.3) is 0 Å². The molecule has 2 nitrogen and oxygen atoms in total. The summed E-state index contributed by atoms with van der Waals surface area (Å²) >= 11 is 0. The quantitative estimate of drug-likeness (QED) is 0.716. The van der Waals surface area contributed by atoms with Crippen LogP contribution in [0, 0.1) is 0 Å². The first-order valence-corrected chi connectivity index (χ1v) is 6.06. The highest BCUT2D eigenvalue weighted by atomic mass is 16.7. The molecule has 0 bridgehead atoms. The molecular weight excluding hydrogens is 222 g/mol. The number of anilines is 2. The highest BCUT2D eigenvalue weighted by molar-refractivity contribution is 5.71. The van der Waals surface area contributed by atoms with E-state index in [4.69, 9.17) is 4.84 Å². The smallest absolute Gasteiger partial charge is 0.0767 e. The van der Waals surface area contributed by atoms with Gasteiger partial charge in [0.1, 0.15) is 0 Å². The van der Waals surface area contributed by atoms with E-state index in [-0.39, 0.29) is 0 Å². The molecule has 0 fully saturated rings. The van der Waals surface area contributed by atoms with E-state index in [1.165, 1.54) is 0 Å². The van der Waals surface area contributed by atoms with Gasteiger partial charge in [-0.3, -0.25) is 4.84 Å². The molecule has 0 aliphatic rings. The highest BCUT2D eigenvalue weighted by Crippen LogP contribution is 2.29. The molecule has 0 aliphatic heterocycles. The van der Waals surface area contributed by atoms with Gasteiger partial charge in [0, 0.05) is 5.56 Å². The molecule has 0 spiro atoms. The summed E-state index contributed by atoms with van der Waals surface area (Å²) < 4.78 is 0. The topological polar surface area (TPSA) is 12.5 Å². The van der Waals surface area contributed by atoms with Gasteiger partial charge in [0.2, 0.25) is 0 Å². The van der Waals surface area contributed by atoms with Gasteiger partial charge < -0.3 is 0 Å². The van der Waals surface area contributed by atoms with Crippen molar-refractivity contribution in [2.24, 2.45) is 0 Å². The minimum Gasteiger partial charge on any atom is -0.269 e. The maximum atomic E-state index is 5.74. The van der Waals surface area contributed by atoms with Crippen LogP contribution in [0.15, 0.2) is 61.2 Å². The minimum absolute atomic E-state index is 0.611. The average Bonchev–Trinajstić information content (AvgIpc) is 2.46. The van der Waals surface area contributed by atoms with Gasteiger partial charge in [-0.25, -0.2) is 5.06 Å². The van der Waals surface area contributed by atoms with Crippen molar-refractivity contribution in [1.82, 2.24) is 0 Å². The molecule has 0 saturated carbocycles. The maximum Gasteiger partial charge on any atom is 0.0767 e. The van der Waals surface area contributed by atoms with E-state index in [2.05, 4.69) is 6.58 Å². The molecule has 0 aliphatic carbocycles. The van der Waals surface area contributed by atoms with Gasteiger partial charge in [-0.15, -0.1) is 0 Å². The summed E-state index contributed by atoms with van der Waals surface area (Å²) in [7, 11) is 0. The SMILES string of the molecule is C=Cc1ccccc1N(OCC)c1ccccc1. The zero-order valence-electron chi connectivity index (χ0n) is 10.5. The Morgan fingerprint density at radius 1 is 1.06 bits per heavy atom. The van der Waals surface area contributed by atoms with Crippen molar-refractivity contribution in [1.29, 1.82) is 0 Å². The predicted molar refractivity (Wildman–Crippen MR) is 76.7 cm³/mol. The van der Waals surface area contributed by atoms with Crippen LogP contribution in [0.1, 0.15) is 12.5 Å². The first-order valence-electron chi connectivity index (χ1n) is 6.06. The van der Waals surface area contributed by atoms with Crippen LogP contribution in [0.5, 0.6) is 0 Å². The third-order valence-electron chi connectivity index (χ3n) is 2.62. The second kappa shape index (κ2) is 6.03. The fourth-order valence-corrected chi connectivity index (χ4v) is 1.82. The summed E-state index contributed by atoms with van der Waals surface area (Å²) in [6.45, 7) is 6.44. The maximum absolute atomic E-state index is 5.74. The second-order valence-electron chi connectivity index (χ2n) is 3.81. The summed E-state index contributed by atoms with van der Waals surface area (Å²) in [4.78, 5) is 5.74. The summed E-state index contributed by atoms with van der Waals surface area (Å²) in [5.41, 5.74) is 3.06. The van der Waals surface area contributed by atoms with Crippen LogP contribution in [-0.2, 0) is 4.84 Å². The second-order valence-corrected chi connectivity index (χ2v) is 3.81. The molecule has 2 aromatic rings. The van der Waals surface area contributed by atoms with Crippen molar-refractivity contribution in [2.75, 3.05) is 11.7 Å². The molecular formula is C16H17NO. The Labute approximate surface area is 108 Å². The lowest BCUT2D eigenvalue weighted by Crippen LogP contribution is -2.18. The van der Waals surface area contributed by atoms with Crippen LogP contribution in [-0.4, -0.2) is 6.61 Å². The third-order valence-corrected chi connectivity index (χ3v) is 2.62. The van der Waals surface area contributed by atoms with Crippen molar-refractivity contribution in [3.8, 4) is 0 Å². The summed E-state index contributed by atoms with van der Waals surface area (Å²) in [5.74, 6) is 0. The standard InChI is InChI=1S/C16H17NO/c1-3-14-10-8-9-13-16(14)17(18-4-2)15-11-6-5-7-12-15/h3,5-13H,1,4H2,2H3. The van der Waals surface area contributed by atoms with Crippen LogP contribution >= 0.6 is 0 Å². The van der Waals surface area contributed by atoms with Crippen molar-refractivity contribution >= 4 is 17.5 Å². The largest absolute Gasteiger partial charge is 0.269 e. The molecule has 2 aromatic carbocycles. The Morgan fingerprint density at radius 2 is 1.72 bits per heavy atom. The molecule has 0 radical (unpaired) electrons. The van der Waals surface area contributed by atoms with Gasteiger partial charge in [0.05, 0.1) is 18.0 Å². The van der Waals surface area contributed by atoms with Crippen molar-refractivity contribution in [2.45, 2.75) is 6.92 Å². The first kappa shape index (κ1) is 12.4. The van der Waals surface area contributed by atoms with Gasteiger partial charge in [0.15, 0.2) is 0 Å². The molecule has 0 unspecified atom stereocenters. The number of benzene rings is 2. The van der Waals surface area contributed by atoms with Crippen molar-refractivity contribution in [3.63, 3.8) is 0 Å². The number of hydrogen-bond donors (Lipinski definition) is 0. The molecule has 2 rings (SSSR count). The van der Waals surface area contributed by atoms with Crippen LogP contribution in [0.25, 0.3) is 6.08 Å². The fourth-order valence-electron chi connectivity index (χ4n) is 1.82. The van der Waals surface area contributed by atoms with Gasteiger partial charge in [-0.2, -0.15) is 0 Å². The number of rotatable bonds is 5. The van der Waals surface area contributed by atoms with Crippen molar-refractivity contribution in [3.05, 3.63) is 66.7 Å². The molecule has 18 heavy (non-hydrogen) atoms.